The van der Waals surface area contributed by atoms with E-state index in [0.29, 0.717) is 6.42 Å². The van der Waals surface area contributed by atoms with Crippen molar-refractivity contribution in [2.75, 3.05) is 6.54 Å². The molecule has 0 aromatic heterocycles. The van der Waals surface area contributed by atoms with Crippen LogP contribution in [0.3, 0.4) is 0 Å². The van der Waals surface area contributed by atoms with Gasteiger partial charge < -0.3 is 4.74 Å². The summed E-state index contributed by atoms with van der Waals surface area (Å²) < 4.78 is 5.42. The molecule has 4 nitrogen and oxygen atoms in total. The van der Waals surface area contributed by atoms with Crippen LogP contribution in [0.5, 0.6) is 0 Å². The fourth-order valence-electron chi connectivity index (χ4n) is 2.19. The van der Waals surface area contributed by atoms with E-state index < -0.39 is 5.60 Å². The van der Waals surface area contributed by atoms with Crippen LogP contribution in [0.4, 0.5) is 0 Å². The highest BCUT2D eigenvalue weighted by Crippen LogP contribution is 2.24. The number of likely N-dealkylation sites (tertiary alicyclic amines) is 1. The molecule has 1 heterocycles. The number of carbonyl (C=O) groups is 1. The number of ether oxygens (including phenoxy) is 1. The number of esters is 1. The van der Waals surface area contributed by atoms with Gasteiger partial charge in [-0.05, 0) is 47.1 Å². The van der Waals surface area contributed by atoms with Crippen LogP contribution in [0.15, 0.2) is 0 Å². The minimum Gasteiger partial charge on any atom is -0.459 e. The molecule has 0 spiro atoms. The molecular formula is C13H22N2O2. The highest BCUT2D eigenvalue weighted by molar-refractivity contribution is 5.76. The summed E-state index contributed by atoms with van der Waals surface area (Å²) in [5, 5.41) is 8.72. The van der Waals surface area contributed by atoms with E-state index in [4.69, 9.17) is 10.00 Å². The van der Waals surface area contributed by atoms with Gasteiger partial charge in [-0.3, -0.25) is 9.69 Å². The molecule has 0 amide bonds. The highest BCUT2D eigenvalue weighted by Gasteiger charge is 2.36. The lowest BCUT2D eigenvalue weighted by atomic mass is 10.1. The number of nitriles is 1. The van der Waals surface area contributed by atoms with E-state index >= 15 is 0 Å². The summed E-state index contributed by atoms with van der Waals surface area (Å²) in [6, 6.07) is 2.11. The van der Waals surface area contributed by atoms with E-state index in [9.17, 15) is 4.79 Å². The second kappa shape index (κ2) is 5.50. The normalized spacial score (nSPS) is 23.1. The topological polar surface area (TPSA) is 53.3 Å². The van der Waals surface area contributed by atoms with Gasteiger partial charge >= 0.3 is 5.97 Å². The molecule has 4 heteroatoms. The number of carbonyl (C=O) groups excluding carboxylic acids is 1. The molecule has 0 radical (unpaired) electrons. The maximum absolute atomic E-state index is 12.0. The van der Waals surface area contributed by atoms with Crippen LogP contribution in [-0.4, -0.2) is 35.1 Å². The van der Waals surface area contributed by atoms with Gasteiger partial charge in [0.15, 0.2) is 0 Å². The molecule has 1 unspecified atom stereocenters. The molecule has 2 atom stereocenters. The first kappa shape index (κ1) is 14.0. The molecule has 1 aliphatic rings. The zero-order chi connectivity index (χ0) is 13.1. The third kappa shape index (κ3) is 4.01. The third-order valence-corrected chi connectivity index (χ3v) is 2.93. The quantitative estimate of drug-likeness (QED) is 0.706. The predicted octanol–water partition coefficient (Wildman–Crippen LogP) is 2.09. The van der Waals surface area contributed by atoms with Crippen LogP contribution >= 0.6 is 0 Å². The fraction of sp³-hybridized carbons (Fsp3) is 0.846. The van der Waals surface area contributed by atoms with E-state index in [0.717, 1.165) is 19.4 Å². The monoisotopic (exact) mass is 238 g/mol. The molecule has 0 saturated carbocycles. The van der Waals surface area contributed by atoms with Crippen molar-refractivity contribution in [2.24, 2.45) is 0 Å². The molecular weight excluding hydrogens is 216 g/mol. The zero-order valence-electron chi connectivity index (χ0n) is 11.2. The van der Waals surface area contributed by atoms with Gasteiger partial charge in [-0.25, -0.2) is 0 Å². The van der Waals surface area contributed by atoms with Gasteiger partial charge in [-0.15, -0.1) is 0 Å². The second-order valence-electron chi connectivity index (χ2n) is 5.64. The first-order valence-corrected chi connectivity index (χ1v) is 6.20. The van der Waals surface area contributed by atoms with E-state index in [-0.39, 0.29) is 18.1 Å². The molecule has 1 saturated heterocycles. The lowest BCUT2D eigenvalue weighted by molar-refractivity contribution is -0.161. The summed E-state index contributed by atoms with van der Waals surface area (Å²) in [7, 11) is 0. The minimum absolute atomic E-state index is 0.125. The molecule has 0 bridgehead atoms. The van der Waals surface area contributed by atoms with E-state index in [1.807, 2.05) is 27.7 Å². The van der Waals surface area contributed by atoms with Crippen molar-refractivity contribution in [3.8, 4) is 6.07 Å². The summed E-state index contributed by atoms with van der Waals surface area (Å²) in [6.07, 6.45) is 2.30. The molecule has 0 aromatic carbocycles. The molecule has 1 fully saturated rings. The summed E-state index contributed by atoms with van der Waals surface area (Å²) in [6.45, 7) is 8.51. The second-order valence-corrected chi connectivity index (χ2v) is 5.64. The van der Waals surface area contributed by atoms with Crippen LogP contribution in [0.2, 0.25) is 0 Å². The lowest BCUT2D eigenvalue weighted by Gasteiger charge is -2.30. The Balaban J connectivity index is 2.63. The van der Waals surface area contributed by atoms with Crippen molar-refractivity contribution in [2.45, 2.75) is 64.6 Å². The van der Waals surface area contributed by atoms with Gasteiger partial charge in [-0.2, -0.15) is 5.26 Å². The van der Waals surface area contributed by atoms with Crippen LogP contribution < -0.4 is 0 Å². The van der Waals surface area contributed by atoms with Crippen molar-refractivity contribution >= 4 is 5.97 Å². The minimum atomic E-state index is -0.441. The average Bonchev–Trinajstić information content (AvgIpc) is 2.63. The van der Waals surface area contributed by atoms with Gasteiger partial charge in [0.25, 0.3) is 0 Å². The van der Waals surface area contributed by atoms with Crippen molar-refractivity contribution in [1.82, 2.24) is 4.90 Å². The van der Waals surface area contributed by atoms with E-state index in [1.54, 1.807) is 0 Å². The number of hydrogen-bond donors (Lipinski definition) is 0. The molecule has 1 rings (SSSR count). The molecule has 0 aromatic rings. The first-order chi connectivity index (χ1) is 7.85. The fourth-order valence-corrected chi connectivity index (χ4v) is 2.19. The smallest absolute Gasteiger partial charge is 0.323 e. The Morgan fingerprint density at radius 3 is 2.76 bits per heavy atom. The Labute approximate surface area is 104 Å². The Morgan fingerprint density at radius 1 is 1.59 bits per heavy atom. The van der Waals surface area contributed by atoms with Gasteiger partial charge in [0.2, 0.25) is 0 Å². The number of nitrogens with zero attached hydrogens (tertiary/aromatic N) is 2. The van der Waals surface area contributed by atoms with Crippen LogP contribution in [0.25, 0.3) is 0 Å². The number of rotatable bonds is 3. The summed E-state index contributed by atoms with van der Waals surface area (Å²) in [5.41, 5.74) is -0.441. The van der Waals surface area contributed by atoms with Gasteiger partial charge in [-0.1, -0.05) is 0 Å². The highest BCUT2D eigenvalue weighted by atomic mass is 16.6. The maximum atomic E-state index is 12.0. The van der Waals surface area contributed by atoms with Gasteiger partial charge in [0.1, 0.15) is 11.6 Å². The third-order valence-electron chi connectivity index (χ3n) is 2.93. The Kier molecular flexibility index (Phi) is 4.53. The van der Waals surface area contributed by atoms with E-state index in [2.05, 4.69) is 11.0 Å². The molecule has 0 N–H and O–H groups in total. The Hall–Kier alpha value is -1.08. The average molecular weight is 238 g/mol. The zero-order valence-corrected chi connectivity index (χ0v) is 11.2. The van der Waals surface area contributed by atoms with Crippen molar-refractivity contribution in [3.63, 3.8) is 0 Å². The molecule has 0 aliphatic carbocycles. The Morgan fingerprint density at radius 2 is 2.24 bits per heavy atom. The van der Waals surface area contributed by atoms with Crippen molar-refractivity contribution in [3.05, 3.63) is 0 Å². The number of hydrogen-bond acceptors (Lipinski definition) is 4. The SMILES string of the molecule is CC(CC#N)N1CCC[C@H]1C(=O)OC(C)(C)C. The standard InChI is InChI=1S/C13H22N2O2/c1-10(7-8-14)15-9-5-6-11(15)12(16)17-13(2,3)4/h10-11H,5-7,9H2,1-4H3/t10?,11-/m0/s1. The van der Waals surface area contributed by atoms with Gasteiger partial charge in [0.05, 0.1) is 12.5 Å². The van der Waals surface area contributed by atoms with Crippen LogP contribution in [0.1, 0.15) is 47.0 Å². The van der Waals surface area contributed by atoms with Crippen molar-refractivity contribution in [1.29, 1.82) is 5.26 Å². The molecule has 1 aliphatic heterocycles. The summed E-state index contributed by atoms with van der Waals surface area (Å²) >= 11 is 0. The molecule has 96 valence electrons. The maximum Gasteiger partial charge on any atom is 0.323 e. The van der Waals surface area contributed by atoms with E-state index in [1.165, 1.54) is 0 Å². The lowest BCUT2D eigenvalue weighted by Crippen LogP contribution is -2.44. The largest absolute Gasteiger partial charge is 0.459 e. The molecule has 17 heavy (non-hydrogen) atoms. The van der Waals surface area contributed by atoms with Gasteiger partial charge in [0, 0.05) is 6.04 Å². The summed E-state index contributed by atoms with van der Waals surface area (Å²) in [4.78, 5) is 14.1. The first-order valence-electron chi connectivity index (χ1n) is 6.20. The van der Waals surface area contributed by atoms with Crippen molar-refractivity contribution < 1.29 is 9.53 Å². The predicted molar refractivity (Wildman–Crippen MR) is 65.3 cm³/mol. The Bertz CT molecular complexity index is 314. The summed E-state index contributed by atoms with van der Waals surface area (Å²) in [5.74, 6) is -0.153. The van der Waals surface area contributed by atoms with Crippen LogP contribution in [0, 0.1) is 11.3 Å². The van der Waals surface area contributed by atoms with Crippen LogP contribution in [-0.2, 0) is 9.53 Å².